The van der Waals surface area contributed by atoms with Gasteiger partial charge < -0.3 is 20.0 Å². The third-order valence-corrected chi connectivity index (χ3v) is 5.48. The monoisotopic (exact) mass is 429 g/mol. The lowest BCUT2D eigenvalue weighted by Crippen LogP contribution is -2.39. The second-order valence-electron chi connectivity index (χ2n) is 6.51. The van der Waals surface area contributed by atoms with Crippen LogP contribution in [-0.4, -0.2) is 26.1 Å². The van der Waals surface area contributed by atoms with Crippen LogP contribution in [0.4, 0.5) is 0 Å². The first-order valence-electron chi connectivity index (χ1n) is 8.55. The molecular formula is C20H22Cl3NO3. The van der Waals surface area contributed by atoms with Gasteiger partial charge in [0.15, 0.2) is 0 Å². The third-order valence-electron chi connectivity index (χ3n) is 4.74. The number of ether oxygens (including phenoxy) is 2. The van der Waals surface area contributed by atoms with Gasteiger partial charge in [0.1, 0.15) is 17.6 Å². The highest BCUT2D eigenvalue weighted by atomic mass is 35.5. The quantitative estimate of drug-likeness (QED) is 0.679. The van der Waals surface area contributed by atoms with Crippen molar-refractivity contribution in [3.63, 3.8) is 0 Å². The molecule has 1 atom stereocenters. The summed E-state index contributed by atoms with van der Waals surface area (Å²) in [7, 11) is 0. The summed E-state index contributed by atoms with van der Waals surface area (Å²) in [4.78, 5) is 11.8. The number of rotatable bonds is 6. The average Bonchev–Trinajstić information content (AvgIpc) is 2.69. The summed E-state index contributed by atoms with van der Waals surface area (Å²) >= 11 is 12.0. The van der Waals surface area contributed by atoms with Crippen LogP contribution < -0.4 is 10.5 Å². The van der Waals surface area contributed by atoms with Gasteiger partial charge in [0, 0.05) is 13.2 Å². The summed E-state index contributed by atoms with van der Waals surface area (Å²) in [5.41, 5.74) is 6.32. The van der Waals surface area contributed by atoms with Crippen molar-refractivity contribution in [1.82, 2.24) is 0 Å². The van der Waals surface area contributed by atoms with Crippen LogP contribution in [0, 0.1) is 5.92 Å². The van der Waals surface area contributed by atoms with Crippen LogP contribution in [0.25, 0.3) is 0 Å². The Labute approximate surface area is 175 Å². The Morgan fingerprint density at radius 1 is 1.07 bits per heavy atom. The lowest BCUT2D eigenvalue weighted by molar-refractivity contribution is -0.111. The van der Waals surface area contributed by atoms with Gasteiger partial charge >= 0.3 is 0 Å². The molecule has 1 fully saturated rings. The van der Waals surface area contributed by atoms with Crippen LogP contribution in [-0.2, 0) is 15.1 Å². The SMILES string of the molecule is Cl.NC(C=O)(c1ccc(OCC2CCOCC2)cc1)c1ccc(Cl)c(Cl)c1. The normalized spacial score (nSPS) is 16.9. The Morgan fingerprint density at radius 3 is 2.30 bits per heavy atom. The van der Waals surface area contributed by atoms with Gasteiger partial charge in [-0.3, -0.25) is 0 Å². The fraction of sp³-hybridized carbons (Fsp3) is 0.350. The maximum atomic E-state index is 11.8. The topological polar surface area (TPSA) is 61.6 Å². The summed E-state index contributed by atoms with van der Waals surface area (Å²) in [6, 6.07) is 12.2. The average molecular weight is 431 g/mol. The predicted octanol–water partition coefficient (Wildman–Crippen LogP) is 4.62. The van der Waals surface area contributed by atoms with Crippen LogP contribution in [0.5, 0.6) is 5.75 Å². The third kappa shape index (κ3) is 5.15. The van der Waals surface area contributed by atoms with Crippen LogP contribution in [0.2, 0.25) is 10.0 Å². The van der Waals surface area contributed by atoms with Crippen molar-refractivity contribution in [2.24, 2.45) is 11.7 Å². The molecule has 3 rings (SSSR count). The van der Waals surface area contributed by atoms with Gasteiger partial charge in [0.2, 0.25) is 0 Å². The van der Waals surface area contributed by atoms with E-state index in [-0.39, 0.29) is 12.4 Å². The molecule has 7 heteroatoms. The lowest BCUT2D eigenvalue weighted by Gasteiger charge is -2.25. The second-order valence-corrected chi connectivity index (χ2v) is 7.32. The Morgan fingerprint density at radius 2 is 1.70 bits per heavy atom. The Hall–Kier alpha value is -1.30. The van der Waals surface area contributed by atoms with Crippen LogP contribution in [0.3, 0.4) is 0 Å². The standard InChI is InChI=1S/C20H21Cl2NO3.ClH/c21-18-6-3-16(11-19(18)22)20(23,13-24)15-1-4-17(5-2-15)26-12-14-7-9-25-10-8-14;/h1-6,11,13-14H,7-10,12,23H2;1H. The van der Waals surface area contributed by atoms with Crippen molar-refractivity contribution >= 4 is 41.9 Å². The van der Waals surface area contributed by atoms with E-state index < -0.39 is 5.54 Å². The van der Waals surface area contributed by atoms with Gasteiger partial charge in [-0.25, -0.2) is 0 Å². The molecule has 1 aliphatic rings. The highest BCUT2D eigenvalue weighted by molar-refractivity contribution is 6.42. The van der Waals surface area contributed by atoms with E-state index in [4.69, 9.17) is 38.4 Å². The smallest absolute Gasteiger partial charge is 0.148 e. The van der Waals surface area contributed by atoms with Crippen molar-refractivity contribution in [3.05, 3.63) is 63.6 Å². The molecule has 0 amide bonds. The predicted molar refractivity (Wildman–Crippen MR) is 110 cm³/mol. The van der Waals surface area contributed by atoms with Gasteiger partial charge in [-0.1, -0.05) is 41.4 Å². The second kappa shape index (κ2) is 9.76. The minimum Gasteiger partial charge on any atom is -0.493 e. The maximum Gasteiger partial charge on any atom is 0.148 e. The summed E-state index contributed by atoms with van der Waals surface area (Å²) in [5.74, 6) is 1.27. The van der Waals surface area contributed by atoms with Gasteiger partial charge in [-0.05, 0) is 54.2 Å². The van der Waals surface area contributed by atoms with E-state index in [1.54, 1.807) is 30.3 Å². The molecule has 0 radical (unpaired) electrons. The number of hydrogen-bond acceptors (Lipinski definition) is 4. The van der Waals surface area contributed by atoms with Crippen LogP contribution >= 0.6 is 35.6 Å². The number of halogens is 3. The van der Waals surface area contributed by atoms with E-state index in [2.05, 4.69) is 0 Å². The van der Waals surface area contributed by atoms with E-state index in [0.717, 1.165) is 31.8 Å². The van der Waals surface area contributed by atoms with Crippen molar-refractivity contribution in [2.45, 2.75) is 18.4 Å². The zero-order valence-electron chi connectivity index (χ0n) is 14.7. The summed E-state index contributed by atoms with van der Waals surface area (Å²) in [6.07, 6.45) is 2.75. The van der Waals surface area contributed by atoms with E-state index in [0.29, 0.717) is 40.0 Å². The molecule has 0 saturated carbocycles. The van der Waals surface area contributed by atoms with Crippen molar-refractivity contribution < 1.29 is 14.3 Å². The van der Waals surface area contributed by atoms with Crippen molar-refractivity contribution in [2.75, 3.05) is 19.8 Å². The molecule has 1 aliphatic heterocycles. The first-order valence-corrected chi connectivity index (χ1v) is 9.30. The first kappa shape index (κ1) is 22.0. The van der Waals surface area contributed by atoms with Crippen molar-refractivity contribution in [1.29, 1.82) is 0 Å². The molecule has 0 aliphatic carbocycles. The molecule has 0 aromatic heterocycles. The van der Waals surface area contributed by atoms with E-state index in [9.17, 15) is 4.79 Å². The van der Waals surface area contributed by atoms with Gasteiger partial charge in [0.05, 0.1) is 16.7 Å². The molecule has 4 nitrogen and oxygen atoms in total. The van der Waals surface area contributed by atoms with Gasteiger partial charge in [0.25, 0.3) is 0 Å². The molecule has 146 valence electrons. The zero-order chi connectivity index (χ0) is 18.6. The lowest BCUT2D eigenvalue weighted by atomic mass is 9.85. The van der Waals surface area contributed by atoms with Gasteiger partial charge in [-0.2, -0.15) is 0 Å². The van der Waals surface area contributed by atoms with Crippen LogP contribution in [0.1, 0.15) is 24.0 Å². The van der Waals surface area contributed by atoms with Crippen LogP contribution in [0.15, 0.2) is 42.5 Å². The number of hydrogen-bond donors (Lipinski definition) is 1. The van der Waals surface area contributed by atoms with Gasteiger partial charge in [-0.15, -0.1) is 12.4 Å². The van der Waals surface area contributed by atoms with Crippen molar-refractivity contribution in [3.8, 4) is 5.75 Å². The molecule has 27 heavy (non-hydrogen) atoms. The largest absolute Gasteiger partial charge is 0.493 e. The number of benzene rings is 2. The minimum absolute atomic E-state index is 0. The number of carbonyl (C=O) groups is 1. The maximum absolute atomic E-state index is 11.8. The Kier molecular flexibility index (Phi) is 7.95. The summed E-state index contributed by atoms with van der Waals surface area (Å²) in [5, 5.41) is 0.776. The van der Waals surface area contributed by atoms with E-state index in [1.807, 2.05) is 12.1 Å². The molecule has 1 unspecified atom stereocenters. The van der Waals surface area contributed by atoms with E-state index in [1.165, 1.54) is 0 Å². The highest BCUT2D eigenvalue weighted by Crippen LogP contribution is 2.31. The number of nitrogens with two attached hydrogens (primary N) is 1. The number of aldehydes is 1. The minimum atomic E-state index is -1.30. The number of carbonyl (C=O) groups excluding carboxylic acids is 1. The molecule has 2 aromatic rings. The first-order chi connectivity index (χ1) is 12.5. The molecule has 1 heterocycles. The molecular weight excluding hydrogens is 409 g/mol. The highest BCUT2D eigenvalue weighted by Gasteiger charge is 2.30. The molecule has 1 saturated heterocycles. The Bertz CT molecular complexity index is 764. The summed E-state index contributed by atoms with van der Waals surface area (Å²) in [6.45, 7) is 2.26. The molecule has 2 aromatic carbocycles. The molecule has 2 N–H and O–H groups in total. The summed E-state index contributed by atoms with van der Waals surface area (Å²) < 4.78 is 11.2. The molecule has 0 bridgehead atoms. The fourth-order valence-electron chi connectivity index (χ4n) is 3.01. The molecule has 0 spiro atoms. The Balaban J connectivity index is 0.00000261. The van der Waals surface area contributed by atoms with E-state index >= 15 is 0 Å². The zero-order valence-corrected chi connectivity index (χ0v) is 17.0. The fourth-order valence-corrected chi connectivity index (χ4v) is 3.31.